The van der Waals surface area contributed by atoms with Gasteiger partial charge in [0.1, 0.15) is 0 Å². The summed E-state index contributed by atoms with van der Waals surface area (Å²) in [5.74, 6) is -0.322. The van der Waals surface area contributed by atoms with Crippen LogP contribution in [0.2, 0.25) is 0 Å². The fourth-order valence-electron chi connectivity index (χ4n) is 3.31. The molecule has 1 aromatic carbocycles. The highest BCUT2D eigenvalue weighted by molar-refractivity contribution is 6.00. The van der Waals surface area contributed by atoms with E-state index in [-0.39, 0.29) is 29.1 Å². The van der Waals surface area contributed by atoms with E-state index < -0.39 is 0 Å². The smallest absolute Gasteiger partial charge is 0.261 e. The van der Waals surface area contributed by atoms with Gasteiger partial charge in [-0.25, -0.2) is 0 Å². The summed E-state index contributed by atoms with van der Waals surface area (Å²) in [4.78, 5) is 37.9. The van der Waals surface area contributed by atoms with Gasteiger partial charge in [0.25, 0.3) is 5.56 Å². The highest BCUT2D eigenvalue weighted by Crippen LogP contribution is 2.12. The monoisotopic (exact) mass is 391 g/mol. The average Bonchev–Trinajstić information content (AvgIpc) is 3.22. The number of aryl methyl sites for hydroxylation is 2. The highest BCUT2D eigenvalue weighted by atomic mass is 16.1. The van der Waals surface area contributed by atoms with Crippen molar-refractivity contribution in [2.75, 3.05) is 0 Å². The van der Waals surface area contributed by atoms with Crippen molar-refractivity contribution in [3.05, 3.63) is 87.1 Å². The van der Waals surface area contributed by atoms with Gasteiger partial charge in [-0.1, -0.05) is 36.8 Å². The number of rotatable bonds is 9. The summed E-state index contributed by atoms with van der Waals surface area (Å²) in [6, 6.07) is 9.30. The van der Waals surface area contributed by atoms with E-state index in [4.69, 9.17) is 0 Å². The zero-order valence-electron chi connectivity index (χ0n) is 16.8. The van der Waals surface area contributed by atoms with Gasteiger partial charge in [-0.05, 0) is 37.0 Å². The molecule has 0 aliphatic heterocycles. The maximum absolute atomic E-state index is 12.8. The Bertz CT molecular complexity index is 1070. The third-order valence-electron chi connectivity index (χ3n) is 4.89. The first-order valence-corrected chi connectivity index (χ1v) is 9.82. The number of carbonyl (C=O) groups excluding carboxylic acids is 2. The van der Waals surface area contributed by atoms with Crippen molar-refractivity contribution in [2.45, 2.75) is 46.1 Å². The predicted molar refractivity (Wildman–Crippen MR) is 111 cm³/mol. The van der Waals surface area contributed by atoms with E-state index in [0.29, 0.717) is 24.9 Å². The molecule has 0 amide bonds. The Hall–Kier alpha value is -3.28. The summed E-state index contributed by atoms with van der Waals surface area (Å²) >= 11 is 0. The lowest BCUT2D eigenvalue weighted by Gasteiger charge is -2.11. The van der Waals surface area contributed by atoms with Crippen LogP contribution in [0.4, 0.5) is 0 Å². The Balaban J connectivity index is 1.86. The number of aromatic amines is 1. The minimum atomic E-state index is -0.353. The first kappa shape index (κ1) is 20.5. The number of nitrogens with zero attached hydrogens (tertiary/aromatic N) is 2. The number of carbonyl (C=O) groups is 2. The Kier molecular flexibility index (Phi) is 6.54. The van der Waals surface area contributed by atoms with Crippen LogP contribution < -0.4 is 5.56 Å². The van der Waals surface area contributed by atoms with Gasteiger partial charge in [0.05, 0.1) is 18.3 Å². The summed E-state index contributed by atoms with van der Waals surface area (Å²) in [5.41, 5.74) is 3.22. The van der Waals surface area contributed by atoms with Crippen LogP contribution in [-0.4, -0.2) is 26.3 Å². The fourth-order valence-corrected chi connectivity index (χ4v) is 3.31. The summed E-state index contributed by atoms with van der Waals surface area (Å²) in [5, 5.41) is 6.66. The number of pyridine rings is 1. The van der Waals surface area contributed by atoms with Crippen LogP contribution in [0.1, 0.15) is 63.6 Å². The van der Waals surface area contributed by atoms with Gasteiger partial charge in [0.15, 0.2) is 11.6 Å². The molecule has 0 radical (unpaired) electrons. The van der Waals surface area contributed by atoms with Crippen molar-refractivity contribution < 1.29 is 9.59 Å². The SMILES string of the molecule is CCC(=O)c1cc(C(=O)CCCc2cn[nH]c2)cn(Cc2cccc(C)c2)c1=O. The van der Waals surface area contributed by atoms with E-state index in [1.165, 1.54) is 10.6 Å². The number of benzene rings is 1. The van der Waals surface area contributed by atoms with E-state index in [0.717, 1.165) is 23.1 Å². The molecular formula is C23H25N3O3. The van der Waals surface area contributed by atoms with Crippen LogP contribution in [0.5, 0.6) is 0 Å². The maximum Gasteiger partial charge on any atom is 0.261 e. The molecule has 2 heterocycles. The molecule has 0 unspecified atom stereocenters. The molecule has 0 saturated carbocycles. The lowest BCUT2D eigenvalue weighted by Crippen LogP contribution is -2.28. The average molecular weight is 391 g/mol. The number of ketones is 2. The van der Waals surface area contributed by atoms with Crippen molar-refractivity contribution in [3.63, 3.8) is 0 Å². The molecule has 0 fully saturated rings. The Morgan fingerprint density at radius 1 is 1.14 bits per heavy atom. The van der Waals surface area contributed by atoms with Crippen molar-refractivity contribution in [3.8, 4) is 0 Å². The van der Waals surface area contributed by atoms with E-state index >= 15 is 0 Å². The fraction of sp³-hybridized carbons (Fsp3) is 0.304. The van der Waals surface area contributed by atoms with Crippen LogP contribution in [0.3, 0.4) is 0 Å². The highest BCUT2D eigenvalue weighted by Gasteiger charge is 2.16. The molecule has 3 rings (SSSR count). The van der Waals surface area contributed by atoms with Gasteiger partial charge < -0.3 is 4.57 Å². The van der Waals surface area contributed by atoms with Crippen molar-refractivity contribution >= 4 is 11.6 Å². The normalized spacial score (nSPS) is 10.8. The number of hydrogen-bond donors (Lipinski definition) is 1. The van der Waals surface area contributed by atoms with Crippen LogP contribution in [-0.2, 0) is 13.0 Å². The molecule has 0 aliphatic rings. The topological polar surface area (TPSA) is 84.8 Å². The van der Waals surface area contributed by atoms with Crippen LogP contribution in [0, 0.1) is 6.92 Å². The van der Waals surface area contributed by atoms with E-state index in [9.17, 15) is 14.4 Å². The first-order valence-electron chi connectivity index (χ1n) is 9.82. The molecule has 3 aromatic rings. The quantitative estimate of drug-likeness (QED) is 0.563. The summed E-state index contributed by atoms with van der Waals surface area (Å²) in [6.07, 6.45) is 7.11. The first-order chi connectivity index (χ1) is 14.0. The molecule has 150 valence electrons. The van der Waals surface area contributed by atoms with Gasteiger partial charge in [0.2, 0.25) is 0 Å². The minimum Gasteiger partial charge on any atom is -0.310 e. The molecule has 1 N–H and O–H groups in total. The number of aromatic nitrogens is 3. The van der Waals surface area contributed by atoms with Gasteiger partial charge in [-0.2, -0.15) is 5.10 Å². The third kappa shape index (κ3) is 5.16. The third-order valence-corrected chi connectivity index (χ3v) is 4.89. The summed E-state index contributed by atoms with van der Waals surface area (Å²) < 4.78 is 1.47. The minimum absolute atomic E-state index is 0.0726. The molecule has 6 nitrogen and oxygen atoms in total. The second kappa shape index (κ2) is 9.28. The molecular weight excluding hydrogens is 366 g/mol. The molecule has 0 saturated heterocycles. The molecule has 29 heavy (non-hydrogen) atoms. The standard InChI is InChI=1S/C23H25N3O3/c1-3-21(27)20-11-19(22(28)9-5-8-18-12-24-25-13-18)15-26(23(20)29)14-17-7-4-6-16(2)10-17/h4,6-7,10-13,15H,3,5,8-9,14H2,1-2H3,(H,24,25). The van der Waals surface area contributed by atoms with Gasteiger partial charge in [0, 0.05) is 30.8 Å². The molecule has 0 bridgehead atoms. The molecule has 6 heteroatoms. The molecule has 2 aromatic heterocycles. The van der Waals surface area contributed by atoms with Crippen LogP contribution >= 0.6 is 0 Å². The number of nitrogens with one attached hydrogen (secondary N) is 1. The number of hydrogen-bond acceptors (Lipinski definition) is 4. The maximum atomic E-state index is 12.8. The second-order valence-electron chi connectivity index (χ2n) is 7.22. The molecule has 0 atom stereocenters. The molecule has 0 spiro atoms. The van der Waals surface area contributed by atoms with E-state index in [2.05, 4.69) is 10.2 Å². The predicted octanol–water partition coefficient (Wildman–Crippen LogP) is 3.73. The van der Waals surface area contributed by atoms with Crippen molar-refractivity contribution in [1.29, 1.82) is 0 Å². The largest absolute Gasteiger partial charge is 0.310 e. The van der Waals surface area contributed by atoms with Crippen molar-refractivity contribution in [1.82, 2.24) is 14.8 Å². The molecule has 0 aliphatic carbocycles. The summed E-state index contributed by atoms with van der Waals surface area (Å²) in [6.45, 7) is 4.02. The zero-order valence-corrected chi connectivity index (χ0v) is 16.8. The number of H-pyrrole nitrogens is 1. The Morgan fingerprint density at radius 3 is 2.66 bits per heavy atom. The van der Waals surface area contributed by atoms with Gasteiger partial charge >= 0.3 is 0 Å². The Morgan fingerprint density at radius 2 is 1.97 bits per heavy atom. The lowest BCUT2D eigenvalue weighted by molar-refractivity contribution is 0.0979. The van der Waals surface area contributed by atoms with Crippen molar-refractivity contribution in [2.24, 2.45) is 0 Å². The van der Waals surface area contributed by atoms with Crippen LogP contribution in [0.25, 0.3) is 0 Å². The van der Waals surface area contributed by atoms with E-state index in [1.807, 2.05) is 37.4 Å². The number of Topliss-reactive ketones (excluding diaryl/α,β-unsaturated/α-hetero) is 2. The lowest BCUT2D eigenvalue weighted by atomic mass is 10.0. The van der Waals surface area contributed by atoms with Crippen LogP contribution in [0.15, 0.2) is 53.7 Å². The second-order valence-corrected chi connectivity index (χ2v) is 7.22. The van der Waals surface area contributed by atoms with E-state index in [1.54, 1.807) is 19.3 Å². The zero-order chi connectivity index (χ0) is 20.8. The Labute approximate surface area is 169 Å². The van der Waals surface area contributed by atoms with Gasteiger partial charge in [-0.15, -0.1) is 0 Å². The summed E-state index contributed by atoms with van der Waals surface area (Å²) in [7, 11) is 0. The van der Waals surface area contributed by atoms with Gasteiger partial charge in [-0.3, -0.25) is 19.5 Å².